The summed E-state index contributed by atoms with van der Waals surface area (Å²) in [5.41, 5.74) is 1.59. The molecule has 0 bridgehead atoms. The van der Waals surface area contributed by atoms with Crippen LogP contribution in [0.2, 0.25) is 0 Å². The van der Waals surface area contributed by atoms with Crippen LogP contribution in [0, 0.1) is 0 Å². The van der Waals surface area contributed by atoms with Gasteiger partial charge in [0.05, 0.1) is 11.9 Å². The minimum absolute atomic E-state index is 0.0916. The summed E-state index contributed by atoms with van der Waals surface area (Å²) in [6, 6.07) is 14.7. The van der Waals surface area contributed by atoms with Gasteiger partial charge in [0, 0.05) is 16.8 Å². The molecule has 2 aromatic carbocycles. The van der Waals surface area contributed by atoms with Crippen LogP contribution in [-0.4, -0.2) is 32.5 Å². The molecule has 28 heavy (non-hydrogen) atoms. The highest BCUT2D eigenvalue weighted by Gasteiger charge is 2.21. The molecule has 0 radical (unpaired) electrons. The van der Waals surface area contributed by atoms with Crippen molar-refractivity contribution in [2.45, 2.75) is 26.4 Å². The normalized spacial score (nSPS) is 11.1. The fourth-order valence-electron chi connectivity index (χ4n) is 2.54. The van der Waals surface area contributed by atoms with E-state index >= 15 is 0 Å². The average Bonchev–Trinajstić information content (AvgIpc) is 3.11. The zero-order chi connectivity index (χ0) is 20.3. The third kappa shape index (κ3) is 4.56. The van der Waals surface area contributed by atoms with Crippen molar-refractivity contribution in [3.05, 3.63) is 66.4 Å². The third-order valence-electron chi connectivity index (χ3n) is 3.75. The Kier molecular flexibility index (Phi) is 5.17. The molecule has 144 valence electrons. The molecular formula is C21H21N3O4. The Morgan fingerprint density at radius 2 is 1.79 bits per heavy atom. The van der Waals surface area contributed by atoms with Gasteiger partial charge in [-0.25, -0.2) is 4.79 Å². The monoisotopic (exact) mass is 379 g/mol. The molecule has 1 aromatic heterocycles. The summed E-state index contributed by atoms with van der Waals surface area (Å²) >= 11 is 0. The second kappa shape index (κ2) is 7.56. The number of hydrogen-bond acceptors (Lipinski definition) is 5. The number of aromatic nitrogens is 2. The lowest BCUT2D eigenvalue weighted by Gasteiger charge is -2.19. The fourth-order valence-corrected chi connectivity index (χ4v) is 2.54. The summed E-state index contributed by atoms with van der Waals surface area (Å²) in [5, 5.41) is 16.2. The highest BCUT2D eigenvalue weighted by molar-refractivity contribution is 6.04. The van der Waals surface area contributed by atoms with Gasteiger partial charge in [0.15, 0.2) is 0 Å². The van der Waals surface area contributed by atoms with Crippen LogP contribution in [-0.2, 0) is 4.74 Å². The van der Waals surface area contributed by atoms with Crippen LogP contribution in [0.3, 0.4) is 0 Å². The number of rotatable bonds is 3. The first-order chi connectivity index (χ1) is 13.2. The van der Waals surface area contributed by atoms with Gasteiger partial charge in [0.1, 0.15) is 11.4 Å². The maximum atomic E-state index is 12.4. The Hall–Kier alpha value is -3.61. The van der Waals surface area contributed by atoms with E-state index in [1.807, 2.05) is 6.07 Å². The van der Waals surface area contributed by atoms with Crippen molar-refractivity contribution in [3.63, 3.8) is 0 Å². The molecule has 0 unspecified atom stereocenters. The van der Waals surface area contributed by atoms with E-state index in [9.17, 15) is 14.7 Å². The van der Waals surface area contributed by atoms with Crippen LogP contribution < -0.4 is 5.32 Å². The molecule has 0 saturated carbocycles. The van der Waals surface area contributed by atoms with Crippen LogP contribution in [0.4, 0.5) is 10.5 Å². The van der Waals surface area contributed by atoms with Crippen molar-refractivity contribution >= 4 is 17.7 Å². The van der Waals surface area contributed by atoms with Gasteiger partial charge < -0.3 is 15.2 Å². The lowest BCUT2D eigenvalue weighted by atomic mass is 10.1. The molecular weight excluding hydrogens is 358 g/mol. The van der Waals surface area contributed by atoms with Gasteiger partial charge in [0.2, 0.25) is 0 Å². The van der Waals surface area contributed by atoms with Crippen LogP contribution >= 0.6 is 0 Å². The number of phenols is 1. The Labute approximate surface area is 162 Å². The van der Waals surface area contributed by atoms with E-state index < -0.39 is 11.7 Å². The number of phenolic OH excluding ortho intramolecular Hbond substituents is 1. The second-order valence-electron chi connectivity index (χ2n) is 7.19. The first-order valence-corrected chi connectivity index (χ1v) is 8.71. The number of aromatic hydroxyl groups is 1. The van der Waals surface area contributed by atoms with E-state index in [1.54, 1.807) is 45.0 Å². The number of benzene rings is 2. The van der Waals surface area contributed by atoms with E-state index in [0.717, 1.165) is 0 Å². The highest BCUT2D eigenvalue weighted by Crippen LogP contribution is 2.24. The Morgan fingerprint density at radius 3 is 2.46 bits per heavy atom. The number of hydrogen-bond donors (Lipinski definition) is 2. The number of amides is 1. The summed E-state index contributed by atoms with van der Waals surface area (Å²) in [6.07, 6.45) is 0.937. The second-order valence-corrected chi connectivity index (χ2v) is 7.19. The Balaban J connectivity index is 1.83. The molecule has 0 saturated heterocycles. The Morgan fingerprint density at radius 1 is 1.07 bits per heavy atom. The molecule has 3 aromatic rings. The van der Waals surface area contributed by atoms with Crippen LogP contribution in [0.5, 0.6) is 5.75 Å². The fraction of sp³-hybridized carbons (Fsp3) is 0.190. The van der Waals surface area contributed by atoms with Crippen molar-refractivity contribution in [1.82, 2.24) is 9.78 Å². The summed E-state index contributed by atoms with van der Waals surface area (Å²) in [5.74, 6) is -0.216. The predicted molar refractivity (Wildman–Crippen MR) is 105 cm³/mol. The zero-order valence-electron chi connectivity index (χ0n) is 15.8. The van der Waals surface area contributed by atoms with Crippen LogP contribution in [0.15, 0.2) is 60.8 Å². The van der Waals surface area contributed by atoms with Crippen molar-refractivity contribution in [2.75, 3.05) is 5.32 Å². The first kappa shape index (κ1) is 19.2. The van der Waals surface area contributed by atoms with Crippen molar-refractivity contribution in [1.29, 1.82) is 0 Å². The number of carbonyl (C=O) groups excluding carboxylic acids is 2. The number of ether oxygens (including phenoxy) is 1. The maximum Gasteiger partial charge on any atom is 0.435 e. The van der Waals surface area contributed by atoms with Crippen molar-refractivity contribution in [3.8, 4) is 17.0 Å². The SMILES string of the molecule is CC(C)(C)OC(=O)n1nccc1-c1cccc(NC(=O)c2ccc(O)cc2)c1. The summed E-state index contributed by atoms with van der Waals surface area (Å²) < 4.78 is 6.56. The molecule has 0 atom stereocenters. The number of nitrogens with one attached hydrogen (secondary N) is 1. The molecule has 0 aliphatic heterocycles. The topological polar surface area (TPSA) is 93.5 Å². The Bertz CT molecular complexity index is 1000. The molecule has 1 amide bonds. The standard InChI is InChI=1S/C21H21N3O4/c1-21(2,3)28-20(27)24-18(11-12-22-24)15-5-4-6-16(13-15)23-19(26)14-7-9-17(25)10-8-14/h4-13,25H,1-3H3,(H,23,26). The van der Waals surface area contributed by atoms with E-state index in [-0.39, 0.29) is 11.7 Å². The van der Waals surface area contributed by atoms with Crippen LogP contribution in [0.1, 0.15) is 31.1 Å². The van der Waals surface area contributed by atoms with Gasteiger partial charge >= 0.3 is 6.09 Å². The molecule has 0 aliphatic carbocycles. The molecule has 7 heteroatoms. The molecule has 0 fully saturated rings. The van der Waals surface area contributed by atoms with Gasteiger partial charge in [-0.3, -0.25) is 4.79 Å². The molecule has 0 aliphatic rings. The van der Waals surface area contributed by atoms with Crippen LogP contribution in [0.25, 0.3) is 11.3 Å². The van der Waals surface area contributed by atoms with Crippen molar-refractivity contribution < 1.29 is 19.4 Å². The summed E-state index contributed by atoms with van der Waals surface area (Å²) in [7, 11) is 0. The van der Waals surface area contributed by atoms with E-state index in [0.29, 0.717) is 22.5 Å². The van der Waals surface area contributed by atoms with E-state index in [1.165, 1.54) is 35.1 Å². The minimum Gasteiger partial charge on any atom is -0.508 e. The first-order valence-electron chi connectivity index (χ1n) is 8.71. The van der Waals surface area contributed by atoms with Gasteiger partial charge in [-0.2, -0.15) is 9.78 Å². The molecule has 0 spiro atoms. The largest absolute Gasteiger partial charge is 0.508 e. The zero-order valence-corrected chi connectivity index (χ0v) is 15.8. The van der Waals surface area contributed by atoms with E-state index in [4.69, 9.17) is 4.74 Å². The number of nitrogens with zero attached hydrogens (tertiary/aromatic N) is 2. The molecule has 1 heterocycles. The maximum absolute atomic E-state index is 12.4. The minimum atomic E-state index is -0.639. The number of anilines is 1. The molecule has 7 nitrogen and oxygen atoms in total. The smallest absolute Gasteiger partial charge is 0.435 e. The third-order valence-corrected chi connectivity index (χ3v) is 3.75. The summed E-state index contributed by atoms with van der Waals surface area (Å²) in [6.45, 7) is 5.36. The van der Waals surface area contributed by atoms with Gasteiger partial charge in [-0.1, -0.05) is 12.1 Å². The quantitative estimate of drug-likeness (QED) is 0.708. The number of carbonyl (C=O) groups is 2. The highest BCUT2D eigenvalue weighted by atomic mass is 16.6. The van der Waals surface area contributed by atoms with Gasteiger partial charge in [0.25, 0.3) is 5.91 Å². The predicted octanol–water partition coefficient (Wildman–Crippen LogP) is 4.29. The average molecular weight is 379 g/mol. The molecule has 3 rings (SSSR count). The van der Waals surface area contributed by atoms with Gasteiger partial charge in [-0.15, -0.1) is 0 Å². The van der Waals surface area contributed by atoms with Crippen molar-refractivity contribution in [2.24, 2.45) is 0 Å². The lowest BCUT2D eigenvalue weighted by Crippen LogP contribution is -2.28. The summed E-state index contributed by atoms with van der Waals surface area (Å²) in [4.78, 5) is 24.7. The van der Waals surface area contributed by atoms with E-state index in [2.05, 4.69) is 10.4 Å². The molecule has 2 N–H and O–H groups in total. The van der Waals surface area contributed by atoms with Gasteiger partial charge in [-0.05, 0) is 63.2 Å². The lowest BCUT2D eigenvalue weighted by molar-refractivity contribution is 0.0517.